The van der Waals surface area contributed by atoms with Crippen LogP contribution in [-0.2, 0) is 9.47 Å². The van der Waals surface area contributed by atoms with Gasteiger partial charge >= 0.3 is 0 Å². The molecule has 92 valence electrons. The van der Waals surface area contributed by atoms with Crippen molar-refractivity contribution in [3.63, 3.8) is 0 Å². The van der Waals surface area contributed by atoms with E-state index in [0.29, 0.717) is 17.9 Å². The summed E-state index contributed by atoms with van der Waals surface area (Å²) in [5.74, 6) is 1.21. The predicted molar refractivity (Wildman–Crippen MR) is 64.2 cm³/mol. The summed E-state index contributed by atoms with van der Waals surface area (Å²) in [4.78, 5) is 0. The van der Waals surface area contributed by atoms with Gasteiger partial charge in [-0.15, -0.1) is 0 Å². The summed E-state index contributed by atoms with van der Waals surface area (Å²) in [5, 5.41) is 3.44. The first-order valence-corrected chi connectivity index (χ1v) is 5.88. The highest BCUT2D eigenvalue weighted by Crippen LogP contribution is 2.01. The first-order valence-electron chi connectivity index (χ1n) is 5.88. The molecule has 1 unspecified atom stereocenters. The Labute approximate surface area is 94.5 Å². The van der Waals surface area contributed by atoms with Crippen molar-refractivity contribution < 1.29 is 9.47 Å². The first kappa shape index (κ1) is 14.9. The van der Waals surface area contributed by atoms with Crippen LogP contribution in [0, 0.1) is 11.8 Å². The van der Waals surface area contributed by atoms with Crippen LogP contribution in [-0.4, -0.2) is 39.5 Å². The van der Waals surface area contributed by atoms with Gasteiger partial charge in [-0.2, -0.15) is 0 Å². The Morgan fingerprint density at radius 1 is 1.07 bits per heavy atom. The quantitative estimate of drug-likeness (QED) is 0.599. The highest BCUT2D eigenvalue weighted by molar-refractivity contribution is 4.69. The maximum absolute atomic E-state index is 5.50. The molecule has 0 saturated carbocycles. The van der Waals surface area contributed by atoms with Gasteiger partial charge in [-0.3, -0.25) is 0 Å². The van der Waals surface area contributed by atoms with Crippen LogP contribution < -0.4 is 5.32 Å². The zero-order chi connectivity index (χ0) is 11.7. The normalized spacial score (nSPS) is 13.8. The smallest absolute Gasteiger partial charge is 0.0618 e. The molecule has 0 heterocycles. The molecular weight excluding hydrogens is 190 g/mol. The Bertz CT molecular complexity index is 138. The molecule has 0 aliphatic heterocycles. The van der Waals surface area contributed by atoms with Crippen LogP contribution in [0.15, 0.2) is 0 Å². The van der Waals surface area contributed by atoms with Crippen LogP contribution in [0.1, 0.15) is 27.7 Å². The van der Waals surface area contributed by atoms with Crippen LogP contribution in [0.5, 0.6) is 0 Å². The molecule has 0 bridgehead atoms. The number of rotatable bonds is 9. The molecule has 0 aromatic rings. The van der Waals surface area contributed by atoms with Crippen molar-refractivity contribution in [2.75, 3.05) is 33.5 Å². The van der Waals surface area contributed by atoms with Gasteiger partial charge in [0.25, 0.3) is 0 Å². The molecule has 0 fully saturated rings. The van der Waals surface area contributed by atoms with Gasteiger partial charge in [0.15, 0.2) is 0 Å². The van der Waals surface area contributed by atoms with Crippen molar-refractivity contribution in [3.05, 3.63) is 0 Å². The Kier molecular flexibility index (Phi) is 9.06. The molecule has 1 N–H and O–H groups in total. The summed E-state index contributed by atoms with van der Waals surface area (Å²) >= 11 is 0. The van der Waals surface area contributed by atoms with E-state index in [2.05, 4.69) is 33.0 Å². The minimum absolute atomic E-state index is 0.428. The summed E-state index contributed by atoms with van der Waals surface area (Å²) in [5.41, 5.74) is 0. The van der Waals surface area contributed by atoms with Gasteiger partial charge in [-0.05, 0) is 11.8 Å². The first-order chi connectivity index (χ1) is 7.07. The molecule has 0 aromatic carbocycles. The second-order valence-corrected chi connectivity index (χ2v) is 4.73. The molecule has 3 heteroatoms. The zero-order valence-electron chi connectivity index (χ0n) is 10.9. The minimum Gasteiger partial charge on any atom is -0.383 e. The number of hydrogen-bond acceptors (Lipinski definition) is 3. The van der Waals surface area contributed by atoms with E-state index in [-0.39, 0.29) is 0 Å². The lowest BCUT2D eigenvalue weighted by Crippen LogP contribution is -2.39. The molecule has 0 aliphatic rings. The van der Waals surface area contributed by atoms with E-state index in [9.17, 15) is 0 Å². The molecule has 0 amide bonds. The summed E-state index contributed by atoms with van der Waals surface area (Å²) in [7, 11) is 1.74. The Hall–Kier alpha value is -0.120. The molecule has 3 nitrogen and oxygen atoms in total. The van der Waals surface area contributed by atoms with Gasteiger partial charge in [-0.1, -0.05) is 27.7 Å². The van der Waals surface area contributed by atoms with Gasteiger partial charge in [0.2, 0.25) is 0 Å². The topological polar surface area (TPSA) is 30.5 Å². The Morgan fingerprint density at radius 3 is 2.20 bits per heavy atom. The Morgan fingerprint density at radius 2 is 1.73 bits per heavy atom. The molecule has 1 atom stereocenters. The van der Waals surface area contributed by atoms with Gasteiger partial charge in [0.05, 0.1) is 13.2 Å². The molecule has 0 aliphatic carbocycles. The third-order valence-electron chi connectivity index (χ3n) is 2.26. The van der Waals surface area contributed by atoms with E-state index in [4.69, 9.17) is 9.47 Å². The number of nitrogens with one attached hydrogen (secondary N) is 1. The van der Waals surface area contributed by atoms with Crippen molar-refractivity contribution in [1.29, 1.82) is 0 Å². The van der Waals surface area contributed by atoms with Crippen molar-refractivity contribution in [2.45, 2.75) is 33.7 Å². The summed E-state index contributed by atoms with van der Waals surface area (Å²) < 4.78 is 10.7. The average molecular weight is 217 g/mol. The van der Waals surface area contributed by atoms with Crippen LogP contribution in [0.2, 0.25) is 0 Å². The molecule has 15 heavy (non-hydrogen) atoms. The van der Waals surface area contributed by atoms with Crippen LogP contribution in [0.25, 0.3) is 0 Å². The second-order valence-electron chi connectivity index (χ2n) is 4.73. The maximum atomic E-state index is 5.50. The SMILES string of the molecule is COCC(NCCOCC(C)C)C(C)C. The van der Waals surface area contributed by atoms with Gasteiger partial charge in [-0.25, -0.2) is 0 Å². The highest BCUT2D eigenvalue weighted by Gasteiger charge is 2.11. The van der Waals surface area contributed by atoms with Crippen molar-refractivity contribution in [2.24, 2.45) is 11.8 Å². The van der Waals surface area contributed by atoms with Crippen LogP contribution in [0.3, 0.4) is 0 Å². The molecule has 0 aromatic heterocycles. The van der Waals surface area contributed by atoms with E-state index in [1.54, 1.807) is 7.11 Å². The Balaban J connectivity index is 3.45. The molecule has 0 spiro atoms. The lowest BCUT2D eigenvalue weighted by atomic mass is 10.1. The fourth-order valence-electron chi connectivity index (χ4n) is 1.30. The van der Waals surface area contributed by atoms with Crippen LogP contribution >= 0.6 is 0 Å². The largest absolute Gasteiger partial charge is 0.383 e. The third-order valence-corrected chi connectivity index (χ3v) is 2.26. The number of ether oxygens (including phenoxy) is 2. The van der Waals surface area contributed by atoms with Crippen LogP contribution in [0.4, 0.5) is 0 Å². The van der Waals surface area contributed by atoms with Crippen molar-refractivity contribution >= 4 is 0 Å². The van der Waals surface area contributed by atoms with E-state index in [0.717, 1.165) is 26.4 Å². The predicted octanol–water partition coefficient (Wildman–Crippen LogP) is 1.92. The fourth-order valence-corrected chi connectivity index (χ4v) is 1.30. The number of methoxy groups -OCH3 is 1. The van der Waals surface area contributed by atoms with Crippen molar-refractivity contribution in [3.8, 4) is 0 Å². The molecule has 0 rings (SSSR count). The lowest BCUT2D eigenvalue weighted by molar-refractivity contribution is 0.0994. The third kappa shape index (κ3) is 8.85. The van der Waals surface area contributed by atoms with E-state index >= 15 is 0 Å². The van der Waals surface area contributed by atoms with Gasteiger partial charge < -0.3 is 14.8 Å². The zero-order valence-corrected chi connectivity index (χ0v) is 10.9. The standard InChI is InChI=1S/C12H27NO2/c1-10(2)8-15-7-6-13-12(9-14-5)11(3)4/h10-13H,6-9H2,1-5H3. The lowest BCUT2D eigenvalue weighted by Gasteiger charge is -2.21. The van der Waals surface area contributed by atoms with Gasteiger partial charge in [0.1, 0.15) is 0 Å². The monoisotopic (exact) mass is 217 g/mol. The van der Waals surface area contributed by atoms with E-state index in [1.165, 1.54) is 0 Å². The number of hydrogen-bond donors (Lipinski definition) is 1. The maximum Gasteiger partial charge on any atom is 0.0618 e. The van der Waals surface area contributed by atoms with Gasteiger partial charge in [0, 0.05) is 26.3 Å². The average Bonchev–Trinajstić information content (AvgIpc) is 2.15. The van der Waals surface area contributed by atoms with Crippen molar-refractivity contribution in [1.82, 2.24) is 5.32 Å². The van der Waals surface area contributed by atoms with E-state index in [1.807, 2.05) is 0 Å². The second kappa shape index (κ2) is 9.13. The molecule has 0 saturated heterocycles. The summed E-state index contributed by atoms with van der Waals surface area (Å²) in [6, 6.07) is 0.428. The molecule has 0 radical (unpaired) electrons. The highest BCUT2D eigenvalue weighted by atomic mass is 16.5. The molecular formula is C12H27NO2. The summed E-state index contributed by atoms with van der Waals surface area (Å²) in [6.07, 6.45) is 0. The summed E-state index contributed by atoms with van der Waals surface area (Å²) in [6.45, 7) is 12.0. The van der Waals surface area contributed by atoms with E-state index < -0.39 is 0 Å². The minimum atomic E-state index is 0.428. The fraction of sp³-hybridized carbons (Fsp3) is 1.00.